The Kier molecular flexibility index (Phi) is 6.32. The van der Waals surface area contributed by atoms with Crippen LogP contribution in [0, 0.1) is 6.92 Å². The molecule has 0 fully saturated rings. The predicted octanol–water partition coefficient (Wildman–Crippen LogP) is 5.15. The van der Waals surface area contributed by atoms with Crippen molar-refractivity contribution in [1.29, 1.82) is 0 Å². The van der Waals surface area contributed by atoms with Crippen molar-refractivity contribution in [2.45, 2.75) is 19.8 Å². The first-order chi connectivity index (χ1) is 13.0. The van der Waals surface area contributed by atoms with Crippen LogP contribution in [0.3, 0.4) is 0 Å². The summed E-state index contributed by atoms with van der Waals surface area (Å²) in [6, 6.07) is 12.3. The van der Waals surface area contributed by atoms with Gasteiger partial charge in [-0.25, -0.2) is 0 Å². The van der Waals surface area contributed by atoms with Crippen LogP contribution in [0.1, 0.15) is 18.7 Å². The predicted molar refractivity (Wildman–Crippen MR) is 104 cm³/mol. The molecule has 3 aromatic rings. The molecule has 3 rings (SSSR count). The molecule has 0 spiro atoms. The van der Waals surface area contributed by atoms with Gasteiger partial charge in [-0.1, -0.05) is 40.5 Å². The molecule has 0 unspecified atom stereocenters. The molecule has 6 nitrogen and oxygen atoms in total. The molecule has 0 saturated heterocycles. The van der Waals surface area contributed by atoms with E-state index in [2.05, 4.69) is 15.5 Å². The Morgan fingerprint density at radius 2 is 2.04 bits per heavy atom. The Balaban J connectivity index is 1.53. The molecule has 1 amide bonds. The summed E-state index contributed by atoms with van der Waals surface area (Å²) < 4.78 is 10.6. The third kappa shape index (κ3) is 5.21. The monoisotopic (exact) mass is 405 g/mol. The number of aromatic nitrogens is 2. The first-order valence-electron chi connectivity index (χ1n) is 8.30. The van der Waals surface area contributed by atoms with Crippen LogP contribution in [0.2, 0.25) is 10.0 Å². The highest BCUT2D eigenvalue weighted by molar-refractivity contribution is 6.35. The summed E-state index contributed by atoms with van der Waals surface area (Å²) in [6.07, 6.45) is 0.832. The Morgan fingerprint density at radius 3 is 2.78 bits per heavy atom. The number of carbonyl (C=O) groups is 1. The summed E-state index contributed by atoms with van der Waals surface area (Å²) in [5.74, 6) is 1.31. The van der Waals surface area contributed by atoms with Gasteiger partial charge in [0.05, 0.1) is 17.3 Å². The van der Waals surface area contributed by atoms with Crippen LogP contribution in [-0.4, -0.2) is 22.7 Å². The van der Waals surface area contributed by atoms with Crippen molar-refractivity contribution in [1.82, 2.24) is 10.1 Å². The quantitative estimate of drug-likeness (QED) is 0.549. The van der Waals surface area contributed by atoms with E-state index in [1.807, 2.05) is 18.2 Å². The second-order valence-electron chi connectivity index (χ2n) is 5.76. The van der Waals surface area contributed by atoms with Crippen molar-refractivity contribution in [2.75, 3.05) is 11.9 Å². The normalized spacial score (nSPS) is 10.6. The molecular weight excluding hydrogens is 389 g/mol. The van der Waals surface area contributed by atoms with Gasteiger partial charge in [0.1, 0.15) is 5.75 Å². The van der Waals surface area contributed by atoms with E-state index in [-0.39, 0.29) is 5.91 Å². The van der Waals surface area contributed by atoms with E-state index in [1.54, 1.807) is 31.2 Å². The van der Waals surface area contributed by atoms with E-state index in [0.717, 1.165) is 0 Å². The number of ether oxygens (including phenoxy) is 1. The van der Waals surface area contributed by atoms with E-state index in [0.29, 0.717) is 58.2 Å². The van der Waals surface area contributed by atoms with Gasteiger partial charge < -0.3 is 14.6 Å². The Labute approximate surface area is 166 Å². The van der Waals surface area contributed by atoms with Gasteiger partial charge in [0.15, 0.2) is 0 Å². The van der Waals surface area contributed by atoms with E-state index >= 15 is 0 Å². The van der Waals surface area contributed by atoms with Crippen LogP contribution >= 0.6 is 23.2 Å². The van der Waals surface area contributed by atoms with Gasteiger partial charge in [-0.2, -0.15) is 4.98 Å². The average Bonchev–Trinajstić information content (AvgIpc) is 3.07. The molecule has 0 atom stereocenters. The number of amides is 1. The molecule has 1 aromatic heterocycles. The second kappa shape index (κ2) is 8.88. The number of nitrogens with zero attached hydrogens (tertiary/aromatic N) is 2. The summed E-state index contributed by atoms with van der Waals surface area (Å²) in [5, 5.41) is 7.76. The van der Waals surface area contributed by atoms with Crippen molar-refractivity contribution in [3.05, 3.63) is 58.4 Å². The lowest BCUT2D eigenvalue weighted by Crippen LogP contribution is -2.13. The summed E-state index contributed by atoms with van der Waals surface area (Å²) in [5.41, 5.74) is 1.33. The first kappa shape index (κ1) is 19.2. The minimum Gasteiger partial charge on any atom is -0.492 e. The molecule has 1 heterocycles. The molecular formula is C19H17Cl2N3O3. The molecule has 0 aliphatic carbocycles. The maximum absolute atomic E-state index is 12.2. The SMILES string of the molecule is Cc1nc(-c2ccccc2NC(=O)CCCOc2ccc(Cl)cc2Cl)no1. The van der Waals surface area contributed by atoms with Crippen molar-refractivity contribution in [3.8, 4) is 17.1 Å². The number of hydrogen-bond donors (Lipinski definition) is 1. The van der Waals surface area contributed by atoms with Crippen molar-refractivity contribution >= 4 is 34.8 Å². The molecule has 0 aliphatic rings. The maximum atomic E-state index is 12.2. The summed E-state index contributed by atoms with van der Waals surface area (Å²) >= 11 is 11.9. The van der Waals surface area contributed by atoms with Crippen molar-refractivity contribution < 1.29 is 14.1 Å². The zero-order valence-electron chi connectivity index (χ0n) is 14.5. The lowest BCUT2D eigenvalue weighted by molar-refractivity contribution is -0.116. The molecule has 0 radical (unpaired) electrons. The second-order valence-corrected chi connectivity index (χ2v) is 6.60. The highest BCUT2D eigenvalue weighted by atomic mass is 35.5. The lowest BCUT2D eigenvalue weighted by Gasteiger charge is -2.10. The fourth-order valence-corrected chi connectivity index (χ4v) is 2.88. The Bertz CT molecular complexity index is 943. The molecule has 0 bridgehead atoms. The third-order valence-corrected chi connectivity index (χ3v) is 4.20. The van der Waals surface area contributed by atoms with Crippen LogP contribution in [0.4, 0.5) is 5.69 Å². The van der Waals surface area contributed by atoms with Gasteiger partial charge in [-0.15, -0.1) is 0 Å². The van der Waals surface area contributed by atoms with E-state index in [1.165, 1.54) is 0 Å². The molecule has 1 N–H and O–H groups in total. The van der Waals surface area contributed by atoms with Crippen LogP contribution < -0.4 is 10.1 Å². The Hall–Kier alpha value is -2.57. The largest absolute Gasteiger partial charge is 0.492 e. The lowest BCUT2D eigenvalue weighted by atomic mass is 10.1. The highest BCUT2D eigenvalue weighted by Crippen LogP contribution is 2.28. The molecule has 2 aromatic carbocycles. The molecule has 8 heteroatoms. The van der Waals surface area contributed by atoms with Gasteiger partial charge in [-0.3, -0.25) is 4.79 Å². The van der Waals surface area contributed by atoms with E-state index < -0.39 is 0 Å². The number of rotatable bonds is 7. The van der Waals surface area contributed by atoms with Crippen LogP contribution in [0.25, 0.3) is 11.4 Å². The fraction of sp³-hybridized carbons (Fsp3) is 0.211. The fourth-order valence-electron chi connectivity index (χ4n) is 2.42. The molecule has 0 aliphatic heterocycles. The van der Waals surface area contributed by atoms with Crippen LogP contribution in [0.5, 0.6) is 5.75 Å². The van der Waals surface area contributed by atoms with Crippen molar-refractivity contribution in [3.63, 3.8) is 0 Å². The topological polar surface area (TPSA) is 77.2 Å². The number of para-hydroxylation sites is 1. The van der Waals surface area contributed by atoms with Gasteiger partial charge >= 0.3 is 0 Å². The number of halogens is 2. The molecule has 0 saturated carbocycles. The Morgan fingerprint density at radius 1 is 1.22 bits per heavy atom. The smallest absolute Gasteiger partial charge is 0.224 e. The van der Waals surface area contributed by atoms with Crippen molar-refractivity contribution in [2.24, 2.45) is 0 Å². The number of nitrogens with one attached hydrogen (secondary N) is 1. The van der Waals surface area contributed by atoms with E-state index in [4.69, 9.17) is 32.5 Å². The number of benzene rings is 2. The zero-order valence-corrected chi connectivity index (χ0v) is 16.0. The highest BCUT2D eigenvalue weighted by Gasteiger charge is 2.12. The zero-order chi connectivity index (χ0) is 19.2. The number of anilines is 1. The number of hydrogen-bond acceptors (Lipinski definition) is 5. The minimum atomic E-state index is -0.131. The van der Waals surface area contributed by atoms with Crippen LogP contribution in [0.15, 0.2) is 47.0 Å². The van der Waals surface area contributed by atoms with Gasteiger partial charge in [0.2, 0.25) is 17.6 Å². The summed E-state index contributed by atoms with van der Waals surface area (Å²) in [7, 11) is 0. The van der Waals surface area contributed by atoms with Crippen LogP contribution in [-0.2, 0) is 4.79 Å². The third-order valence-electron chi connectivity index (χ3n) is 3.67. The summed E-state index contributed by atoms with van der Waals surface area (Å²) in [4.78, 5) is 16.5. The van der Waals surface area contributed by atoms with Gasteiger partial charge in [0.25, 0.3) is 0 Å². The standard InChI is InChI=1S/C19H17Cl2N3O3/c1-12-22-19(24-27-12)14-5-2-3-6-16(14)23-18(25)7-4-10-26-17-9-8-13(20)11-15(17)21/h2-3,5-6,8-9,11H,4,7,10H2,1H3,(H,23,25). The molecule has 140 valence electrons. The van der Waals surface area contributed by atoms with Gasteiger partial charge in [0, 0.05) is 23.9 Å². The maximum Gasteiger partial charge on any atom is 0.224 e. The molecule has 27 heavy (non-hydrogen) atoms. The minimum absolute atomic E-state index is 0.131. The number of carbonyl (C=O) groups excluding carboxylic acids is 1. The first-order valence-corrected chi connectivity index (χ1v) is 9.06. The summed E-state index contributed by atoms with van der Waals surface area (Å²) in [6.45, 7) is 2.07. The van der Waals surface area contributed by atoms with E-state index in [9.17, 15) is 4.79 Å². The van der Waals surface area contributed by atoms with Gasteiger partial charge in [-0.05, 0) is 36.8 Å². The number of aryl methyl sites for hydroxylation is 1. The average molecular weight is 406 g/mol.